The molecular weight excluding hydrogens is 297 g/mol. The van der Waals surface area contributed by atoms with E-state index in [-0.39, 0.29) is 36.6 Å². The second-order valence-corrected chi connectivity index (χ2v) is 6.39. The summed E-state index contributed by atoms with van der Waals surface area (Å²) in [7, 11) is 0. The summed E-state index contributed by atoms with van der Waals surface area (Å²) in [5, 5.41) is 9.22. The zero-order valence-corrected chi connectivity index (χ0v) is 13.8. The fourth-order valence-corrected chi connectivity index (χ4v) is 4.45. The van der Waals surface area contributed by atoms with Crippen LogP contribution >= 0.6 is 24.8 Å². The van der Waals surface area contributed by atoms with Crippen LogP contribution in [0.5, 0.6) is 0 Å². The average Bonchev–Trinajstić information content (AvgIpc) is 2.39. The van der Waals surface area contributed by atoms with Crippen molar-refractivity contribution in [3.8, 4) is 0 Å². The molecule has 0 aromatic carbocycles. The molecule has 0 aromatic heterocycles. The van der Waals surface area contributed by atoms with Gasteiger partial charge in [0.1, 0.15) is 0 Å². The standard InChI is InChI=1S/C15H27NO2.2ClH/c16-11-15(10-14(17)18)9-5-4-8-13(15)12-6-2-1-3-7-12;;/h12-13H,1-11,16H2,(H,17,18);2*1H. The molecule has 0 amide bonds. The number of carbonyl (C=O) groups is 1. The van der Waals surface area contributed by atoms with Crippen LogP contribution in [0, 0.1) is 17.3 Å². The van der Waals surface area contributed by atoms with Crippen LogP contribution in [0.15, 0.2) is 0 Å². The van der Waals surface area contributed by atoms with Gasteiger partial charge in [0.05, 0.1) is 6.42 Å². The van der Waals surface area contributed by atoms with Crippen molar-refractivity contribution in [2.75, 3.05) is 6.54 Å². The second-order valence-electron chi connectivity index (χ2n) is 6.39. The maximum atomic E-state index is 11.2. The van der Waals surface area contributed by atoms with Crippen molar-refractivity contribution in [3.63, 3.8) is 0 Å². The third kappa shape index (κ3) is 4.51. The zero-order chi connectivity index (χ0) is 13.0. The minimum atomic E-state index is -0.664. The third-order valence-corrected chi connectivity index (χ3v) is 5.36. The number of hydrogen-bond acceptors (Lipinski definition) is 2. The minimum absolute atomic E-state index is 0. The summed E-state index contributed by atoms with van der Waals surface area (Å²) in [5.41, 5.74) is 5.92. The average molecular weight is 326 g/mol. The Balaban J connectivity index is 0.00000180. The van der Waals surface area contributed by atoms with E-state index in [2.05, 4.69) is 0 Å². The molecule has 2 atom stereocenters. The highest BCUT2D eigenvalue weighted by molar-refractivity contribution is 5.85. The summed E-state index contributed by atoms with van der Waals surface area (Å²) in [6.07, 6.45) is 11.5. The van der Waals surface area contributed by atoms with Gasteiger partial charge in [0.2, 0.25) is 0 Å². The Morgan fingerprint density at radius 3 is 2.20 bits per heavy atom. The van der Waals surface area contributed by atoms with Crippen molar-refractivity contribution in [2.24, 2.45) is 23.0 Å². The number of aliphatic carboxylic acids is 1. The van der Waals surface area contributed by atoms with Gasteiger partial charge in [-0.15, -0.1) is 24.8 Å². The Kier molecular flexibility index (Phi) is 9.12. The Bertz CT molecular complexity index is 296. The molecule has 2 fully saturated rings. The van der Waals surface area contributed by atoms with Gasteiger partial charge in [-0.05, 0) is 36.6 Å². The van der Waals surface area contributed by atoms with Crippen molar-refractivity contribution in [3.05, 3.63) is 0 Å². The second kappa shape index (κ2) is 9.11. The molecule has 20 heavy (non-hydrogen) atoms. The lowest BCUT2D eigenvalue weighted by atomic mass is 9.58. The van der Waals surface area contributed by atoms with Crippen molar-refractivity contribution >= 4 is 30.8 Å². The Labute approximate surface area is 134 Å². The van der Waals surface area contributed by atoms with Crippen LogP contribution in [0.1, 0.15) is 64.2 Å². The van der Waals surface area contributed by atoms with Gasteiger partial charge < -0.3 is 10.8 Å². The molecule has 0 spiro atoms. The Morgan fingerprint density at radius 1 is 1.05 bits per heavy atom. The predicted molar refractivity (Wildman–Crippen MR) is 86.8 cm³/mol. The molecule has 2 aliphatic rings. The Hall–Kier alpha value is 0.01000. The molecule has 5 heteroatoms. The van der Waals surface area contributed by atoms with E-state index in [1.807, 2.05) is 0 Å². The topological polar surface area (TPSA) is 63.3 Å². The van der Waals surface area contributed by atoms with Gasteiger partial charge in [0, 0.05) is 0 Å². The molecule has 3 N–H and O–H groups in total. The van der Waals surface area contributed by atoms with E-state index in [1.165, 1.54) is 44.9 Å². The maximum Gasteiger partial charge on any atom is 0.303 e. The quantitative estimate of drug-likeness (QED) is 0.820. The van der Waals surface area contributed by atoms with E-state index in [1.54, 1.807) is 0 Å². The first-order chi connectivity index (χ1) is 8.68. The minimum Gasteiger partial charge on any atom is -0.481 e. The largest absolute Gasteiger partial charge is 0.481 e. The van der Waals surface area contributed by atoms with Crippen molar-refractivity contribution in [2.45, 2.75) is 64.2 Å². The smallest absolute Gasteiger partial charge is 0.303 e. The molecule has 0 bridgehead atoms. The molecule has 2 unspecified atom stereocenters. The molecule has 0 saturated heterocycles. The van der Waals surface area contributed by atoms with Gasteiger partial charge >= 0.3 is 5.97 Å². The van der Waals surface area contributed by atoms with Gasteiger partial charge in [0.15, 0.2) is 0 Å². The summed E-state index contributed by atoms with van der Waals surface area (Å²) >= 11 is 0. The fourth-order valence-electron chi connectivity index (χ4n) is 4.45. The summed E-state index contributed by atoms with van der Waals surface area (Å²) < 4.78 is 0. The van der Waals surface area contributed by atoms with Crippen LogP contribution in [0.4, 0.5) is 0 Å². The van der Waals surface area contributed by atoms with Crippen LogP contribution < -0.4 is 5.73 Å². The van der Waals surface area contributed by atoms with Crippen molar-refractivity contribution in [1.82, 2.24) is 0 Å². The molecule has 2 saturated carbocycles. The molecule has 0 aliphatic heterocycles. The van der Waals surface area contributed by atoms with Crippen LogP contribution in [-0.2, 0) is 4.79 Å². The number of nitrogens with two attached hydrogens (primary N) is 1. The highest BCUT2D eigenvalue weighted by Gasteiger charge is 2.44. The van der Waals surface area contributed by atoms with Gasteiger partial charge in [-0.2, -0.15) is 0 Å². The monoisotopic (exact) mass is 325 g/mol. The molecule has 2 rings (SSSR count). The van der Waals surface area contributed by atoms with Crippen LogP contribution in [0.3, 0.4) is 0 Å². The van der Waals surface area contributed by atoms with E-state index in [9.17, 15) is 9.90 Å². The number of carboxylic acid groups (broad SMARTS) is 1. The first kappa shape index (κ1) is 20.0. The lowest BCUT2D eigenvalue weighted by Gasteiger charge is -2.47. The predicted octanol–water partition coefficient (Wildman–Crippen LogP) is 4.02. The molecule has 3 nitrogen and oxygen atoms in total. The highest BCUT2D eigenvalue weighted by Crippen LogP contribution is 2.50. The Morgan fingerprint density at radius 2 is 1.65 bits per heavy atom. The van der Waals surface area contributed by atoms with E-state index in [4.69, 9.17) is 5.73 Å². The van der Waals surface area contributed by atoms with Crippen LogP contribution in [-0.4, -0.2) is 17.6 Å². The van der Waals surface area contributed by atoms with Gasteiger partial charge in [0.25, 0.3) is 0 Å². The molecule has 2 aliphatic carbocycles. The maximum absolute atomic E-state index is 11.2. The van der Waals surface area contributed by atoms with E-state index in [0.717, 1.165) is 18.8 Å². The number of halogens is 2. The van der Waals surface area contributed by atoms with E-state index >= 15 is 0 Å². The van der Waals surface area contributed by atoms with Crippen LogP contribution in [0.2, 0.25) is 0 Å². The summed E-state index contributed by atoms with van der Waals surface area (Å²) in [5.74, 6) is 0.637. The zero-order valence-electron chi connectivity index (χ0n) is 12.2. The third-order valence-electron chi connectivity index (χ3n) is 5.36. The van der Waals surface area contributed by atoms with Gasteiger partial charge in [-0.3, -0.25) is 4.79 Å². The van der Waals surface area contributed by atoms with Crippen molar-refractivity contribution in [1.29, 1.82) is 0 Å². The summed E-state index contributed by atoms with van der Waals surface area (Å²) in [4.78, 5) is 11.2. The molecule has 120 valence electrons. The SMILES string of the molecule is Cl.Cl.NCC1(CC(=O)O)CCCCC1C1CCCCC1. The van der Waals surface area contributed by atoms with E-state index in [0.29, 0.717) is 12.5 Å². The summed E-state index contributed by atoms with van der Waals surface area (Å²) in [6, 6.07) is 0. The summed E-state index contributed by atoms with van der Waals surface area (Å²) in [6.45, 7) is 0.556. The number of rotatable bonds is 4. The number of hydrogen-bond donors (Lipinski definition) is 2. The fraction of sp³-hybridized carbons (Fsp3) is 0.933. The lowest BCUT2D eigenvalue weighted by Crippen LogP contribution is -2.45. The molecule has 0 radical (unpaired) electrons. The van der Waals surface area contributed by atoms with Crippen molar-refractivity contribution < 1.29 is 9.90 Å². The molecule has 0 heterocycles. The van der Waals surface area contributed by atoms with Crippen LogP contribution in [0.25, 0.3) is 0 Å². The highest BCUT2D eigenvalue weighted by atomic mass is 35.5. The molecular formula is C15H29Cl2NO2. The number of carboxylic acids is 1. The molecule has 0 aromatic rings. The van der Waals surface area contributed by atoms with Gasteiger partial charge in [-0.1, -0.05) is 44.9 Å². The van der Waals surface area contributed by atoms with E-state index < -0.39 is 5.97 Å². The normalized spacial score (nSPS) is 30.9. The first-order valence-corrected chi connectivity index (χ1v) is 7.60. The lowest BCUT2D eigenvalue weighted by molar-refractivity contribution is -0.142. The van der Waals surface area contributed by atoms with Gasteiger partial charge in [-0.25, -0.2) is 0 Å². The first-order valence-electron chi connectivity index (χ1n) is 7.60.